The third kappa shape index (κ3) is 74.9. The number of ether oxygens (including phenoxy) is 2. The standard InChI is InChI=1S/C79H150NO8P/c1-6-8-10-12-14-16-18-20-22-24-26-28-30-32-34-36-38-39-40-42-43-45-47-49-51-53-55-57-59-61-63-65-67-69-71-78(81)85-75-77(76-87-89(83,84)86-74-73-80(3,4)5)88-79(82)72-70-68-66-64-62-60-58-56-54-52-50-48-46-44-41-37-35-33-31-29-27-25-23-21-19-17-15-13-11-9-7-2/h9,11,15,17,21,23,27,29,77H,6-8,10,12-14,16,18-20,22,24-26,28,30-76H2,1-5H3/p+1/b11-9-,17-15-,23-21-,29-27-. The van der Waals surface area contributed by atoms with E-state index in [0.29, 0.717) is 23.9 Å². The average molecular weight is 1270 g/mol. The van der Waals surface area contributed by atoms with Gasteiger partial charge in [-0.2, -0.15) is 0 Å². The maximum absolute atomic E-state index is 12.9. The van der Waals surface area contributed by atoms with Crippen LogP contribution in [-0.2, 0) is 32.7 Å². The molecule has 0 saturated heterocycles. The van der Waals surface area contributed by atoms with E-state index in [1.165, 1.54) is 302 Å². The van der Waals surface area contributed by atoms with Crippen LogP contribution in [0.25, 0.3) is 0 Å². The fraction of sp³-hybridized carbons (Fsp3) is 0.873. The fourth-order valence-electron chi connectivity index (χ4n) is 11.7. The second-order valence-electron chi connectivity index (χ2n) is 27.7. The topological polar surface area (TPSA) is 108 Å². The molecule has 0 fully saturated rings. The molecule has 2 atom stereocenters. The molecule has 0 aliphatic carbocycles. The molecule has 0 aliphatic heterocycles. The number of quaternary nitrogens is 1. The number of hydrogen-bond donors (Lipinski definition) is 1. The molecule has 0 aromatic carbocycles. The predicted molar refractivity (Wildman–Crippen MR) is 386 cm³/mol. The van der Waals surface area contributed by atoms with Crippen molar-refractivity contribution in [1.82, 2.24) is 0 Å². The van der Waals surface area contributed by atoms with Crippen molar-refractivity contribution in [3.05, 3.63) is 48.6 Å². The summed E-state index contributed by atoms with van der Waals surface area (Å²) in [5.41, 5.74) is 0. The van der Waals surface area contributed by atoms with Gasteiger partial charge < -0.3 is 18.9 Å². The molecular formula is C79H151NO8P+. The molecule has 10 heteroatoms. The second-order valence-corrected chi connectivity index (χ2v) is 29.2. The number of likely N-dealkylation sites (N-methyl/N-ethyl adjacent to an activating group) is 1. The van der Waals surface area contributed by atoms with E-state index in [1.54, 1.807) is 0 Å². The number of nitrogens with zero attached hydrogens (tertiary/aromatic N) is 1. The van der Waals surface area contributed by atoms with Gasteiger partial charge in [0.25, 0.3) is 0 Å². The Morgan fingerprint density at radius 2 is 0.640 bits per heavy atom. The molecule has 9 nitrogen and oxygen atoms in total. The molecule has 2 unspecified atom stereocenters. The van der Waals surface area contributed by atoms with Gasteiger partial charge >= 0.3 is 19.8 Å². The number of allylic oxidation sites excluding steroid dienone is 8. The Labute approximate surface area is 554 Å². The van der Waals surface area contributed by atoms with Crippen molar-refractivity contribution < 1.29 is 42.1 Å². The fourth-order valence-corrected chi connectivity index (χ4v) is 12.5. The molecule has 0 aliphatic rings. The highest BCUT2D eigenvalue weighted by atomic mass is 31.2. The molecule has 0 saturated carbocycles. The zero-order valence-electron chi connectivity index (χ0n) is 59.9. The maximum Gasteiger partial charge on any atom is 0.472 e. The van der Waals surface area contributed by atoms with Gasteiger partial charge in [-0.25, -0.2) is 4.57 Å². The van der Waals surface area contributed by atoms with Crippen molar-refractivity contribution in [3.63, 3.8) is 0 Å². The van der Waals surface area contributed by atoms with E-state index in [1.807, 2.05) is 21.1 Å². The van der Waals surface area contributed by atoms with Gasteiger partial charge in [0.05, 0.1) is 27.7 Å². The largest absolute Gasteiger partial charge is 0.472 e. The Morgan fingerprint density at radius 3 is 0.955 bits per heavy atom. The van der Waals surface area contributed by atoms with Crippen LogP contribution in [0, 0.1) is 0 Å². The van der Waals surface area contributed by atoms with Gasteiger partial charge in [0.1, 0.15) is 19.8 Å². The van der Waals surface area contributed by atoms with Gasteiger partial charge in [-0.3, -0.25) is 18.6 Å². The summed E-state index contributed by atoms with van der Waals surface area (Å²) in [7, 11) is 1.50. The summed E-state index contributed by atoms with van der Waals surface area (Å²) >= 11 is 0. The molecule has 0 aromatic heterocycles. The number of rotatable bonds is 73. The highest BCUT2D eigenvalue weighted by Crippen LogP contribution is 2.43. The Balaban J connectivity index is 3.92. The predicted octanol–water partition coefficient (Wildman–Crippen LogP) is 25.6. The SMILES string of the molecule is CC/C=C\C/C=C\C/C=C\C/C=C\CCCCCCCCCCCCCCCCCCCCC(=O)OC(COC(=O)CCCCCCCCCCCCCCCCCCCCCCCCCCCCCCCCCCCC)COP(=O)(O)OCC[N+](C)(C)C. The van der Waals surface area contributed by atoms with Crippen molar-refractivity contribution in [2.75, 3.05) is 47.5 Å². The summed E-state index contributed by atoms with van der Waals surface area (Å²) in [6.07, 6.45) is 92.6. The van der Waals surface area contributed by atoms with Crippen LogP contribution in [0.2, 0.25) is 0 Å². The van der Waals surface area contributed by atoms with E-state index in [4.69, 9.17) is 18.5 Å². The summed E-state index contributed by atoms with van der Waals surface area (Å²) in [6.45, 7) is 4.40. The number of esters is 2. The Kier molecular flexibility index (Phi) is 68.7. The van der Waals surface area contributed by atoms with Crippen LogP contribution in [-0.4, -0.2) is 74.9 Å². The lowest BCUT2D eigenvalue weighted by Crippen LogP contribution is -2.37. The summed E-state index contributed by atoms with van der Waals surface area (Å²) in [4.78, 5) is 36.0. The minimum absolute atomic E-state index is 0.0343. The molecule has 0 bridgehead atoms. The van der Waals surface area contributed by atoms with Crippen LogP contribution in [0.1, 0.15) is 393 Å². The van der Waals surface area contributed by atoms with Crippen LogP contribution in [0.3, 0.4) is 0 Å². The molecule has 1 N–H and O–H groups in total. The smallest absolute Gasteiger partial charge is 0.462 e. The third-order valence-electron chi connectivity index (χ3n) is 17.6. The molecular weight excluding hydrogens is 1120 g/mol. The first kappa shape index (κ1) is 87.0. The van der Waals surface area contributed by atoms with Crippen molar-refractivity contribution in [2.24, 2.45) is 0 Å². The molecule has 524 valence electrons. The summed E-state index contributed by atoms with van der Waals surface area (Å²) in [6, 6.07) is 0. The van der Waals surface area contributed by atoms with Gasteiger partial charge in [0, 0.05) is 12.8 Å². The molecule has 0 heterocycles. The van der Waals surface area contributed by atoms with Gasteiger partial charge in [0.15, 0.2) is 6.10 Å². The Bertz CT molecular complexity index is 1640. The normalized spacial score (nSPS) is 13.3. The molecule has 0 amide bonds. The molecule has 0 spiro atoms. The van der Waals surface area contributed by atoms with Gasteiger partial charge in [-0.1, -0.05) is 377 Å². The van der Waals surface area contributed by atoms with Crippen molar-refractivity contribution in [3.8, 4) is 0 Å². The highest BCUT2D eigenvalue weighted by molar-refractivity contribution is 7.47. The van der Waals surface area contributed by atoms with E-state index in [9.17, 15) is 19.0 Å². The highest BCUT2D eigenvalue weighted by Gasteiger charge is 2.27. The molecule has 0 radical (unpaired) electrons. The quantitative estimate of drug-likeness (QED) is 0.0211. The van der Waals surface area contributed by atoms with E-state index in [-0.39, 0.29) is 25.6 Å². The summed E-state index contributed by atoms with van der Waals surface area (Å²) < 4.78 is 34.8. The molecule has 89 heavy (non-hydrogen) atoms. The van der Waals surface area contributed by atoms with E-state index >= 15 is 0 Å². The van der Waals surface area contributed by atoms with E-state index in [0.717, 1.165) is 57.8 Å². The lowest BCUT2D eigenvalue weighted by atomic mass is 10.0. The minimum Gasteiger partial charge on any atom is -0.462 e. The first-order valence-corrected chi connectivity index (χ1v) is 40.4. The van der Waals surface area contributed by atoms with Crippen LogP contribution < -0.4 is 0 Å². The van der Waals surface area contributed by atoms with Crippen molar-refractivity contribution in [2.45, 2.75) is 399 Å². The number of carbonyl (C=O) groups excluding carboxylic acids is 2. The lowest BCUT2D eigenvalue weighted by Gasteiger charge is -2.24. The van der Waals surface area contributed by atoms with E-state index in [2.05, 4.69) is 62.5 Å². The van der Waals surface area contributed by atoms with Crippen molar-refractivity contribution in [1.29, 1.82) is 0 Å². The van der Waals surface area contributed by atoms with Crippen LogP contribution in [0.4, 0.5) is 0 Å². The molecule has 0 aromatic rings. The molecule has 0 rings (SSSR count). The zero-order chi connectivity index (χ0) is 64.8. The Hall–Kier alpha value is -2.03. The average Bonchev–Trinajstić information content (AvgIpc) is 3.60. The summed E-state index contributed by atoms with van der Waals surface area (Å²) in [5.74, 6) is -0.774. The van der Waals surface area contributed by atoms with Crippen molar-refractivity contribution >= 4 is 19.8 Å². The summed E-state index contributed by atoms with van der Waals surface area (Å²) in [5, 5.41) is 0. The van der Waals surface area contributed by atoms with E-state index < -0.39 is 26.5 Å². The monoisotopic (exact) mass is 1270 g/mol. The van der Waals surface area contributed by atoms with Gasteiger partial charge in [0.2, 0.25) is 0 Å². The third-order valence-corrected chi connectivity index (χ3v) is 18.6. The Morgan fingerprint density at radius 1 is 0.360 bits per heavy atom. The second kappa shape index (κ2) is 70.3. The number of unbranched alkanes of at least 4 members (excludes halogenated alkanes) is 51. The lowest BCUT2D eigenvalue weighted by molar-refractivity contribution is -0.870. The zero-order valence-corrected chi connectivity index (χ0v) is 60.8. The minimum atomic E-state index is -4.39. The van der Waals surface area contributed by atoms with Gasteiger partial charge in [-0.15, -0.1) is 0 Å². The van der Waals surface area contributed by atoms with Gasteiger partial charge in [-0.05, 0) is 51.4 Å². The number of carbonyl (C=O) groups is 2. The van der Waals surface area contributed by atoms with Crippen LogP contribution in [0.5, 0.6) is 0 Å². The maximum atomic E-state index is 12.9. The number of hydrogen-bond acceptors (Lipinski definition) is 7. The first-order chi connectivity index (χ1) is 43.5. The number of phosphoric acid groups is 1. The number of phosphoric ester groups is 1. The van der Waals surface area contributed by atoms with Crippen LogP contribution in [0.15, 0.2) is 48.6 Å². The van der Waals surface area contributed by atoms with Crippen LogP contribution >= 0.6 is 7.82 Å². The first-order valence-electron chi connectivity index (χ1n) is 38.9.